The predicted octanol–water partition coefficient (Wildman–Crippen LogP) is 4.59. The molecule has 26 heavy (non-hydrogen) atoms. The lowest BCUT2D eigenvalue weighted by Crippen LogP contribution is -2.25. The Morgan fingerprint density at radius 1 is 1.31 bits per heavy atom. The molecule has 0 aliphatic heterocycles. The Hall–Kier alpha value is -2.52. The molecule has 1 amide bonds. The van der Waals surface area contributed by atoms with Crippen molar-refractivity contribution in [1.29, 1.82) is 5.26 Å². The van der Waals surface area contributed by atoms with Gasteiger partial charge in [0.05, 0.1) is 23.6 Å². The fraction of sp³-hybridized carbons (Fsp3) is 0.350. The molecular formula is C20H23N3O2S. The molecule has 1 aromatic carbocycles. The number of carbonyl (C=O) groups is 1. The number of methoxy groups -OCH3 is 1. The molecule has 1 atom stereocenters. The van der Waals surface area contributed by atoms with Crippen LogP contribution in [0.3, 0.4) is 0 Å². The van der Waals surface area contributed by atoms with Gasteiger partial charge in [-0.15, -0.1) is 0 Å². The second-order valence-electron chi connectivity index (χ2n) is 6.06. The standard InChI is InChI=1S/C20H23N3O2S/c1-5-18(19(24)22-16-8-6-7-9-17(16)25-4)26-20-14(12-21)10-11-15(23-20)13(2)3/h6-11,13,18H,5H2,1-4H3,(H,22,24). The highest BCUT2D eigenvalue weighted by molar-refractivity contribution is 8.00. The van der Waals surface area contributed by atoms with Gasteiger partial charge in [0.1, 0.15) is 16.8 Å². The number of nitrogens with zero attached hydrogens (tertiary/aromatic N) is 2. The van der Waals surface area contributed by atoms with Crippen LogP contribution >= 0.6 is 11.8 Å². The lowest BCUT2D eigenvalue weighted by molar-refractivity contribution is -0.115. The van der Waals surface area contributed by atoms with E-state index in [0.717, 1.165) is 5.69 Å². The van der Waals surface area contributed by atoms with Gasteiger partial charge in [-0.25, -0.2) is 4.98 Å². The van der Waals surface area contributed by atoms with Gasteiger partial charge in [-0.1, -0.05) is 44.7 Å². The van der Waals surface area contributed by atoms with E-state index in [2.05, 4.69) is 30.2 Å². The maximum Gasteiger partial charge on any atom is 0.238 e. The molecule has 2 rings (SSSR count). The van der Waals surface area contributed by atoms with E-state index in [1.165, 1.54) is 11.8 Å². The minimum Gasteiger partial charge on any atom is -0.495 e. The van der Waals surface area contributed by atoms with Crippen LogP contribution in [0.1, 0.15) is 44.4 Å². The van der Waals surface area contributed by atoms with Gasteiger partial charge >= 0.3 is 0 Å². The van der Waals surface area contributed by atoms with Gasteiger partial charge in [0.15, 0.2) is 0 Å². The summed E-state index contributed by atoms with van der Waals surface area (Å²) in [5, 5.41) is 12.5. The average molecular weight is 369 g/mol. The summed E-state index contributed by atoms with van der Waals surface area (Å²) >= 11 is 1.33. The first-order valence-corrected chi connectivity index (χ1v) is 9.39. The van der Waals surface area contributed by atoms with Gasteiger partial charge in [0.2, 0.25) is 5.91 Å². The van der Waals surface area contributed by atoms with Crippen LogP contribution in [0.25, 0.3) is 0 Å². The number of ether oxygens (including phenoxy) is 1. The Morgan fingerprint density at radius 3 is 2.65 bits per heavy atom. The molecule has 0 radical (unpaired) electrons. The Kier molecular flexibility index (Phi) is 7.05. The number of para-hydroxylation sites is 2. The largest absolute Gasteiger partial charge is 0.495 e. The highest BCUT2D eigenvalue weighted by Crippen LogP contribution is 2.30. The molecule has 1 unspecified atom stereocenters. The van der Waals surface area contributed by atoms with Crippen LogP contribution in [0.4, 0.5) is 5.69 Å². The van der Waals surface area contributed by atoms with Crippen LogP contribution in [-0.2, 0) is 4.79 Å². The monoisotopic (exact) mass is 369 g/mol. The summed E-state index contributed by atoms with van der Waals surface area (Å²) in [5.41, 5.74) is 2.03. The third-order valence-electron chi connectivity index (χ3n) is 3.88. The average Bonchev–Trinajstić information content (AvgIpc) is 2.66. The molecule has 0 spiro atoms. The first-order valence-electron chi connectivity index (χ1n) is 8.51. The quantitative estimate of drug-likeness (QED) is 0.722. The van der Waals surface area contributed by atoms with Crippen molar-refractivity contribution in [3.63, 3.8) is 0 Å². The van der Waals surface area contributed by atoms with Crippen molar-refractivity contribution < 1.29 is 9.53 Å². The number of pyridine rings is 1. The highest BCUT2D eigenvalue weighted by atomic mass is 32.2. The topological polar surface area (TPSA) is 75.0 Å². The zero-order chi connectivity index (χ0) is 19.1. The maximum atomic E-state index is 12.7. The van der Waals surface area contributed by atoms with Crippen LogP contribution < -0.4 is 10.1 Å². The minimum absolute atomic E-state index is 0.136. The van der Waals surface area contributed by atoms with Crippen LogP contribution in [-0.4, -0.2) is 23.3 Å². The lowest BCUT2D eigenvalue weighted by Gasteiger charge is -2.17. The Labute approximate surface area is 158 Å². The molecule has 0 saturated carbocycles. The van der Waals surface area contributed by atoms with Crippen molar-refractivity contribution in [3.05, 3.63) is 47.7 Å². The van der Waals surface area contributed by atoms with Crippen molar-refractivity contribution in [1.82, 2.24) is 4.98 Å². The van der Waals surface area contributed by atoms with Crippen molar-refractivity contribution >= 4 is 23.4 Å². The van der Waals surface area contributed by atoms with E-state index >= 15 is 0 Å². The number of hydrogen-bond acceptors (Lipinski definition) is 5. The minimum atomic E-state index is -0.359. The normalized spacial score (nSPS) is 11.7. The second-order valence-corrected chi connectivity index (χ2v) is 7.25. The predicted molar refractivity (Wildman–Crippen MR) is 105 cm³/mol. The van der Waals surface area contributed by atoms with Gasteiger partial charge in [-0.05, 0) is 36.6 Å². The van der Waals surface area contributed by atoms with Gasteiger partial charge in [-0.2, -0.15) is 5.26 Å². The van der Waals surface area contributed by atoms with Gasteiger partial charge < -0.3 is 10.1 Å². The van der Waals surface area contributed by atoms with E-state index in [-0.39, 0.29) is 17.1 Å². The van der Waals surface area contributed by atoms with E-state index in [9.17, 15) is 10.1 Å². The van der Waals surface area contributed by atoms with Gasteiger partial charge in [-0.3, -0.25) is 4.79 Å². The summed E-state index contributed by atoms with van der Waals surface area (Å²) in [6, 6.07) is 13.1. The van der Waals surface area contributed by atoms with Crippen LogP contribution in [0.5, 0.6) is 5.75 Å². The summed E-state index contributed by atoms with van der Waals surface area (Å²) in [6.07, 6.45) is 0.615. The molecule has 0 fully saturated rings. The molecule has 0 aliphatic rings. The second kappa shape index (κ2) is 9.25. The molecule has 0 bridgehead atoms. The number of aromatic nitrogens is 1. The number of thioether (sulfide) groups is 1. The van der Waals surface area contributed by atoms with Gasteiger partial charge in [0.25, 0.3) is 0 Å². The number of anilines is 1. The summed E-state index contributed by atoms with van der Waals surface area (Å²) in [5.74, 6) is 0.727. The Bertz CT molecular complexity index is 815. The number of nitrogens with one attached hydrogen (secondary N) is 1. The van der Waals surface area contributed by atoms with E-state index in [0.29, 0.717) is 28.4 Å². The van der Waals surface area contributed by atoms with Crippen molar-refractivity contribution in [2.24, 2.45) is 0 Å². The molecular weight excluding hydrogens is 346 g/mol. The van der Waals surface area contributed by atoms with E-state index < -0.39 is 0 Å². The number of benzene rings is 1. The van der Waals surface area contributed by atoms with Crippen molar-refractivity contribution in [2.45, 2.75) is 43.4 Å². The summed E-state index contributed by atoms with van der Waals surface area (Å²) in [7, 11) is 1.57. The van der Waals surface area contributed by atoms with E-state index in [1.54, 1.807) is 25.3 Å². The van der Waals surface area contributed by atoms with Crippen molar-refractivity contribution in [3.8, 4) is 11.8 Å². The third kappa shape index (κ3) is 4.77. The zero-order valence-electron chi connectivity index (χ0n) is 15.4. The maximum absolute atomic E-state index is 12.7. The number of carbonyl (C=O) groups excluding carboxylic acids is 1. The molecule has 0 saturated heterocycles. The first kappa shape index (κ1) is 19.8. The summed E-state index contributed by atoms with van der Waals surface area (Å²) < 4.78 is 5.28. The third-order valence-corrected chi connectivity index (χ3v) is 5.24. The highest BCUT2D eigenvalue weighted by Gasteiger charge is 2.22. The fourth-order valence-corrected chi connectivity index (χ4v) is 3.37. The Morgan fingerprint density at radius 2 is 2.04 bits per heavy atom. The molecule has 5 nitrogen and oxygen atoms in total. The molecule has 1 heterocycles. The molecule has 6 heteroatoms. The van der Waals surface area contributed by atoms with Gasteiger partial charge in [0, 0.05) is 5.69 Å². The zero-order valence-corrected chi connectivity index (χ0v) is 16.3. The molecule has 1 N–H and O–H groups in total. The molecule has 1 aromatic heterocycles. The number of hydrogen-bond donors (Lipinski definition) is 1. The van der Waals surface area contributed by atoms with E-state index in [1.807, 2.05) is 25.1 Å². The van der Waals surface area contributed by atoms with Crippen LogP contribution in [0.2, 0.25) is 0 Å². The summed E-state index contributed by atoms with van der Waals surface area (Å²) in [6.45, 7) is 6.04. The lowest BCUT2D eigenvalue weighted by atomic mass is 10.1. The smallest absolute Gasteiger partial charge is 0.238 e. The van der Waals surface area contributed by atoms with Crippen LogP contribution in [0, 0.1) is 11.3 Å². The molecule has 2 aromatic rings. The molecule has 136 valence electrons. The van der Waals surface area contributed by atoms with E-state index in [4.69, 9.17) is 4.74 Å². The number of rotatable bonds is 7. The molecule has 0 aliphatic carbocycles. The first-order chi connectivity index (χ1) is 12.5. The Balaban J connectivity index is 2.22. The number of nitriles is 1. The summed E-state index contributed by atoms with van der Waals surface area (Å²) in [4.78, 5) is 17.3. The SMILES string of the molecule is CCC(Sc1nc(C(C)C)ccc1C#N)C(=O)Nc1ccccc1OC. The number of amides is 1. The van der Waals surface area contributed by atoms with Crippen molar-refractivity contribution in [2.75, 3.05) is 12.4 Å². The fourth-order valence-electron chi connectivity index (χ4n) is 2.37. The van der Waals surface area contributed by atoms with Crippen LogP contribution in [0.15, 0.2) is 41.4 Å².